The van der Waals surface area contributed by atoms with Gasteiger partial charge in [-0.3, -0.25) is 4.55 Å². The predicted octanol–water partition coefficient (Wildman–Crippen LogP) is 6.30. The fourth-order valence-corrected chi connectivity index (χ4v) is 3.86. The van der Waals surface area contributed by atoms with E-state index >= 15 is 0 Å². The monoisotopic (exact) mass is 494 g/mol. The zero-order valence-corrected chi connectivity index (χ0v) is 20.8. The van der Waals surface area contributed by atoms with Gasteiger partial charge >= 0.3 is 11.9 Å². The van der Waals surface area contributed by atoms with Crippen LogP contribution in [0.4, 0.5) is 0 Å². The Labute approximate surface area is 204 Å². The Bertz CT molecular complexity index is 890. The first kappa shape index (κ1) is 29.6. The minimum Gasteiger partial charge on any atom is -0.462 e. The zero-order valence-electron chi connectivity index (χ0n) is 20.0. The molecule has 0 radical (unpaired) electrons. The van der Waals surface area contributed by atoms with Crippen molar-refractivity contribution in [1.29, 1.82) is 0 Å². The lowest BCUT2D eigenvalue weighted by Crippen LogP contribution is -2.16. The van der Waals surface area contributed by atoms with Crippen molar-refractivity contribution in [3.63, 3.8) is 0 Å². The van der Waals surface area contributed by atoms with Gasteiger partial charge in [0.2, 0.25) is 0 Å². The maximum atomic E-state index is 12.6. The number of hydrogen-bond donors (Lipinski definition) is 1. The maximum Gasteiger partial charge on any atom is 0.339 e. The number of unbranched alkanes of at least 4 members (excludes halogenated alkanes) is 10. The summed E-state index contributed by atoms with van der Waals surface area (Å²) in [4.78, 5) is 24.7. The highest BCUT2D eigenvalue weighted by molar-refractivity contribution is 7.85. The molecule has 0 aliphatic heterocycles. The lowest BCUT2D eigenvalue weighted by atomic mass is 10.1. The SMILES string of the molecule is C=CCCCCCCCOC(=O)c1ccc(S(=O)(=O)O)cc1C(=O)OCCCCCCCC=C. The van der Waals surface area contributed by atoms with Gasteiger partial charge in [-0.2, -0.15) is 8.42 Å². The Balaban J connectivity index is 2.65. The van der Waals surface area contributed by atoms with E-state index in [1.165, 1.54) is 0 Å². The standard InChI is InChI=1S/C26H38O7S/c1-3-5-7-9-11-13-15-19-32-25(27)23-18-17-22(34(29,30)31)21-24(23)26(28)33-20-16-14-12-10-8-6-4-2/h3-4,17-18,21H,1-2,5-16,19-20H2,(H,29,30,31). The smallest absolute Gasteiger partial charge is 0.339 e. The first-order valence-electron chi connectivity index (χ1n) is 12.0. The van der Waals surface area contributed by atoms with Gasteiger partial charge in [-0.15, -0.1) is 13.2 Å². The van der Waals surface area contributed by atoms with Gasteiger partial charge in [0.1, 0.15) is 0 Å². The van der Waals surface area contributed by atoms with E-state index in [9.17, 15) is 22.6 Å². The van der Waals surface area contributed by atoms with Crippen molar-refractivity contribution < 1.29 is 32.0 Å². The first-order valence-corrected chi connectivity index (χ1v) is 13.4. The Morgan fingerprint density at radius 3 is 1.65 bits per heavy atom. The first-order chi connectivity index (χ1) is 16.3. The molecule has 0 aromatic heterocycles. The van der Waals surface area contributed by atoms with Gasteiger partial charge < -0.3 is 9.47 Å². The number of allylic oxidation sites excluding steroid dienone is 2. The fraction of sp³-hybridized carbons (Fsp3) is 0.538. The minimum absolute atomic E-state index is 0.0900. The van der Waals surface area contributed by atoms with Crippen molar-refractivity contribution in [2.75, 3.05) is 13.2 Å². The highest BCUT2D eigenvalue weighted by Gasteiger charge is 2.23. The molecule has 0 aliphatic carbocycles. The average molecular weight is 495 g/mol. The Kier molecular flexibility index (Phi) is 14.8. The molecule has 0 fully saturated rings. The summed E-state index contributed by atoms with van der Waals surface area (Å²) in [6.07, 6.45) is 15.2. The van der Waals surface area contributed by atoms with Crippen LogP contribution >= 0.6 is 0 Å². The molecule has 1 aromatic rings. The van der Waals surface area contributed by atoms with Crippen LogP contribution in [0.1, 0.15) is 97.8 Å². The van der Waals surface area contributed by atoms with Gasteiger partial charge in [-0.25, -0.2) is 9.59 Å². The number of carbonyl (C=O) groups excluding carboxylic acids is 2. The van der Waals surface area contributed by atoms with E-state index in [0.717, 1.165) is 82.4 Å². The summed E-state index contributed by atoms with van der Waals surface area (Å²) in [7, 11) is -4.55. The molecule has 0 atom stereocenters. The van der Waals surface area contributed by atoms with Crippen LogP contribution in [0, 0.1) is 0 Å². The lowest BCUT2D eigenvalue weighted by molar-refractivity contribution is 0.0450. The maximum absolute atomic E-state index is 12.6. The van der Waals surface area contributed by atoms with Crippen LogP contribution in [0.25, 0.3) is 0 Å². The summed E-state index contributed by atoms with van der Waals surface area (Å²) >= 11 is 0. The third kappa shape index (κ3) is 12.1. The second-order valence-electron chi connectivity index (χ2n) is 8.14. The Morgan fingerprint density at radius 1 is 0.735 bits per heavy atom. The molecular weight excluding hydrogens is 456 g/mol. The van der Waals surface area contributed by atoms with Gasteiger partial charge in [-0.05, 0) is 56.7 Å². The molecule has 0 saturated heterocycles. The molecule has 190 valence electrons. The van der Waals surface area contributed by atoms with E-state index in [2.05, 4.69) is 13.2 Å². The van der Waals surface area contributed by atoms with Gasteiger partial charge in [0.05, 0.1) is 29.2 Å². The lowest BCUT2D eigenvalue weighted by Gasteiger charge is -2.11. The molecule has 0 spiro atoms. The summed E-state index contributed by atoms with van der Waals surface area (Å²) in [5.41, 5.74) is -0.330. The topological polar surface area (TPSA) is 107 Å². The van der Waals surface area contributed by atoms with Crippen LogP contribution in [0.15, 0.2) is 48.4 Å². The van der Waals surface area contributed by atoms with Gasteiger partial charge in [0.25, 0.3) is 10.1 Å². The van der Waals surface area contributed by atoms with Crippen molar-refractivity contribution >= 4 is 22.1 Å². The van der Waals surface area contributed by atoms with E-state index in [1.807, 2.05) is 12.2 Å². The molecule has 1 aromatic carbocycles. The van der Waals surface area contributed by atoms with E-state index in [4.69, 9.17) is 9.47 Å². The van der Waals surface area contributed by atoms with Crippen molar-refractivity contribution in [1.82, 2.24) is 0 Å². The molecule has 8 heteroatoms. The molecule has 0 bridgehead atoms. The normalized spacial score (nSPS) is 11.1. The molecule has 1 N–H and O–H groups in total. The molecule has 0 saturated carbocycles. The van der Waals surface area contributed by atoms with Crippen LogP contribution in [0.2, 0.25) is 0 Å². The summed E-state index contributed by atoms with van der Waals surface area (Å²) in [6.45, 7) is 7.72. The highest BCUT2D eigenvalue weighted by Crippen LogP contribution is 2.19. The molecule has 0 aliphatic rings. The van der Waals surface area contributed by atoms with Crippen molar-refractivity contribution in [2.45, 2.75) is 81.9 Å². The minimum atomic E-state index is -4.55. The summed E-state index contributed by atoms with van der Waals surface area (Å²) in [5, 5.41) is 0. The number of hydrogen-bond acceptors (Lipinski definition) is 6. The van der Waals surface area contributed by atoms with E-state index in [1.54, 1.807) is 0 Å². The van der Waals surface area contributed by atoms with Crippen LogP contribution in [-0.4, -0.2) is 38.1 Å². The van der Waals surface area contributed by atoms with Crippen molar-refractivity contribution in [3.8, 4) is 0 Å². The van der Waals surface area contributed by atoms with Gasteiger partial charge in [0, 0.05) is 0 Å². The van der Waals surface area contributed by atoms with Gasteiger partial charge in [0.15, 0.2) is 0 Å². The molecule has 34 heavy (non-hydrogen) atoms. The molecule has 0 amide bonds. The fourth-order valence-electron chi connectivity index (χ4n) is 3.36. The van der Waals surface area contributed by atoms with Crippen LogP contribution in [0.3, 0.4) is 0 Å². The quantitative estimate of drug-likeness (QED) is 0.104. The number of carbonyl (C=O) groups is 2. The molecule has 0 unspecified atom stereocenters. The number of rotatable bonds is 19. The molecular formula is C26H38O7S. The molecule has 1 rings (SSSR count). The average Bonchev–Trinajstić information content (AvgIpc) is 2.81. The summed E-state index contributed by atoms with van der Waals surface area (Å²) in [5.74, 6) is -1.56. The summed E-state index contributed by atoms with van der Waals surface area (Å²) < 4.78 is 42.9. The highest BCUT2D eigenvalue weighted by atomic mass is 32.2. The second-order valence-corrected chi connectivity index (χ2v) is 9.57. The number of ether oxygens (including phenoxy) is 2. The predicted molar refractivity (Wildman–Crippen MR) is 133 cm³/mol. The third-order valence-electron chi connectivity index (χ3n) is 5.30. The number of esters is 2. The molecule has 7 nitrogen and oxygen atoms in total. The zero-order chi connectivity index (χ0) is 25.2. The molecule has 0 heterocycles. The van der Waals surface area contributed by atoms with Crippen LogP contribution in [0.5, 0.6) is 0 Å². The summed E-state index contributed by atoms with van der Waals surface area (Å²) in [6, 6.07) is 3.17. The number of benzene rings is 1. The van der Waals surface area contributed by atoms with E-state index in [0.29, 0.717) is 12.8 Å². The van der Waals surface area contributed by atoms with E-state index < -0.39 is 27.0 Å². The van der Waals surface area contributed by atoms with Gasteiger partial charge in [-0.1, -0.05) is 50.7 Å². The van der Waals surface area contributed by atoms with E-state index in [-0.39, 0.29) is 24.3 Å². The van der Waals surface area contributed by atoms with Crippen molar-refractivity contribution in [2.24, 2.45) is 0 Å². The Hall–Kier alpha value is -2.45. The second kappa shape index (κ2) is 17.1. The van der Waals surface area contributed by atoms with Crippen LogP contribution in [-0.2, 0) is 19.6 Å². The largest absolute Gasteiger partial charge is 0.462 e. The van der Waals surface area contributed by atoms with Crippen molar-refractivity contribution in [3.05, 3.63) is 54.6 Å². The van der Waals surface area contributed by atoms with Crippen LogP contribution < -0.4 is 0 Å². The third-order valence-corrected chi connectivity index (χ3v) is 6.15. The Morgan fingerprint density at radius 2 is 1.18 bits per heavy atom.